The fourth-order valence-corrected chi connectivity index (χ4v) is 2.38. The molecule has 0 atom stereocenters. The van der Waals surface area contributed by atoms with Crippen LogP contribution < -0.4 is 5.32 Å². The van der Waals surface area contributed by atoms with Crippen molar-refractivity contribution < 1.29 is 19.1 Å². The maximum Gasteiger partial charge on any atom is 0.337 e. The van der Waals surface area contributed by atoms with Crippen LogP contribution in [0, 0.1) is 0 Å². The summed E-state index contributed by atoms with van der Waals surface area (Å²) >= 11 is 0. The average Bonchev–Trinajstić information content (AvgIpc) is 3.02. The molecule has 5 heteroatoms. The molecule has 0 aliphatic heterocycles. The van der Waals surface area contributed by atoms with E-state index in [4.69, 9.17) is 9.52 Å². The topological polar surface area (TPSA) is 79.5 Å². The van der Waals surface area contributed by atoms with Crippen LogP contribution in [0.3, 0.4) is 0 Å². The molecule has 3 rings (SSSR count). The third-order valence-electron chi connectivity index (χ3n) is 3.63. The highest BCUT2D eigenvalue weighted by Crippen LogP contribution is 2.20. The first-order valence-corrected chi connectivity index (χ1v) is 7.34. The van der Waals surface area contributed by atoms with Gasteiger partial charge in [-0.15, -0.1) is 0 Å². The number of rotatable bonds is 4. The molecule has 0 spiro atoms. The van der Waals surface area contributed by atoms with Gasteiger partial charge in [0.25, 0.3) is 5.91 Å². The molecular weight excluding hydrogens is 306 g/mol. The van der Waals surface area contributed by atoms with Gasteiger partial charge in [0.05, 0.1) is 17.5 Å². The summed E-state index contributed by atoms with van der Waals surface area (Å²) < 4.78 is 5.34. The molecule has 2 N–H and O–H groups in total. The molecule has 24 heavy (non-hydrogen) atoms. The molecule has 0 fully saturated rings. The second-order valence-electron chi connectivity index (χ2n) is 5.35. The van der Waals surface area contributed by atoms with Crippen molar-refractivity contribution in [1.29, 1.82) is 0 Å². The molecule has 0 aliphatic rings. The summed E-state index contributed by atoms with van der Waals surface area (Å²) in [5.41, 5.74) is 2.35. The van der Waals surface area contributed by atoms with E-state index in [0.29, 0.717) is 5.57 Å². The molecule has 0 aliphatic carbocycles. The van der Waals surface area contributed by atoms with E-state index in [2.05, 4.69) is 5.32 Å². The number of carboxylic acid groups (broad SMARTS) is 1. The zero-order valence-electron chi connectivity index (χ0n) is 12.9. The maximum atomic E-state index is 12.3. The van der Waals surface area contributed by atoms with Crippen molar-refractivity contribution in [2.75, 3.05) is 5.32 Å². The quantitative estimate of drug-likeness (QED) is 0.707. The Balaban J connectivity index is 1.83. The van der Waals surface area contributed by atoms with E-state index < -0.39 is 5.97 Å². The molecule has 0 saturated carbocycles. The van der Waals surface area contributed by atoms with Crippen LogP contribution in [0.2, 0.25) is 0 Å². The van der Waals surface area contributed by atoms with Gasteiger partial charge in [0.15, 0.2) is 0 Å². The Morgan fingerprint density at radius 3 is 2.71 bits per heavy atom. The first-order valence-electron chi connectivity index (χ1n) is 7.34. The van der Waals surface area contributed by atoms with Crippen molar-refractivity contribution in [2.45, 2.75) is 6.92 Å². The SMILES string of the molecule is C/C(=C\c1ccc2ccoc2c1)C(=O)Nc1ccccc1C(=O)O. The van der Waals surface area contributed by atoms with Crippen LogP contribution >= 0.6 is 0 Å². The highest BCUT2D eigenvalue weighted by molar-refractivity contribution is 6.09. The highest BCUT2D eigenvalue weighted by Gasteiger charge is 2.12. The van der Waals surface area contributed by atoms with Gasteiger partial charge in [-0.1, -0.05) is 24.3 Å². The van der Waals surface area contributed by atoms with Crippen molar-refractivity contribution >= 4 is 34.6 Å². The molecule has 1 aromatic heterocycles. The van der Waals surface area contributed by atoms with Gasteiger partial charge in [0, 0.05) is 11.0 Å². The van der Waals surface area contributed by atoms with Crippen molar-refractivity contribution in [1.82, 2.24) is 0 Å². The van der Waals surface area contributed by atoms with E-state index in [-0.39, 0.29) is 17.2 Å². The smallest absolute Gasteiger partial charge is 0.337 e. The first-order chi connectivity index (χ1) is 11.5. The molecular formula is C19H15NO4. The predicted octanol–water partition coefficient (Wildman–Crippen LogP) is 4.17. The lowest BCUT2D eigenvalue weighted by Crippen LogP contribution is -2.15. The Hall–Kier alpha value is -3.34. The van der Waals surface area contributed by atoms with E-state index in [1.54, 1.807) is 37.5 Å². The molecule has 120 valence electrons. The van der Waals surface area contributed by atoms with Crippen molar-refractivity contribution in [2.24, 2.45) is 0 Å². The molecule has 1 heterocycles. The van der Waals surface area contributed by atoms with Crippen LogP contribution in [0.4, 0.5) is 5.69 Å². The van der Waals surface area contributed by atoms with Crippen LogP contribution in [0.25, 0.3) is 17.0 Å². The van der Waals surface area contributed by atoms with Gasteiger partial charge >= 0.3 is 5.97 Å². The van der Waals surface area contributed by atoms with E-state index in [0.717, 1.165) is 16.5 Å². The Bertz CT molecular complexity index is 953. The molecule has 5 nitrogen and oxygen atoms in total. The summed E-state index contributed by atoms with van der Waals surface area (Å²) in [4.78, 5) is 23.5. The summed E-state index contributed by atoms with van der Waals surface area (Å²) in [5, 5.41) is 12.8. The van der Waals surface area contributed by atoms with Crippen LogP contribution in [0.15, 0.2) is 64.8 Å². The number of carbonyl (C=O) groups excluding carboxylic acids is 1. The summed E-state index contributed by atoms with van der Waals surface area (Å²) in [5.74, 6) is -1.45. The number of carbonyl (C=O) groups is 2. The molecule has 2 aromatic carbocycles. The van der Waals surface area contributed by atoms with Gasteiger partial charge in [-0.25, -0.2) is 4.79 Å². The van der Waals surface area contributed by atoms with Crippen molar-refractivity contribution in [3.63, 3.8) is 0 Å². The fourth-order valence-electron chi connectivity index (χ4n) is 2.38. The van der Waals surface area contributed by atoms with Crippen LogP contribution in [-0.4, -0.2) is 17.0 Å². The van der Waals surface area contributed by atoms with Crippen molar-refractivity contribution in [3.05, 3.63) is 71.5 Å². The standard InChI is InChI=1S/C19H15NO4/c1-12(10-13-6-7-14-8-9-24-17(14)11-13)18(21)20-16-5-3-2-4-15(16)19(22)23/h2-11H,1H3,(H,20,21)(H,22,23)/b12-10+. The first kappa shape index (κ1) is 15.6. The second kappa shape index (κ2) is 6.42. The van der Waals surface area contributed by atoms with Crippen molar-refractivity contribution in [3.8, 4) is 0 Å². The number of fused-ring (bicyclic) bond motifs is 1. The van der Waals surface area contributed by atoms with Gasteiger partial charge < -0.3 is 14.8 Å². The summed E-state index contributed by atoms with van der Waals surface area (Å²) in [6, 6.07) is 13.8. The second-order valence-corrected chi connectivity index (χ2v) is 5.35. The lowest BCUT2D eigenvalue weighted by atomic mass is 10.1. The fraction of sp³-hybridized carbons (Fsp3) is 0.0526. The van der Waals surface area contributed by atoms with E-state index >= 15 is 0 Å². The van der Waals surface area contributed by atoms with Crippen LogP contribution in [-0.2, 0) is 4.79 Å². The minimum absolute atomic E-state index is 0.0515. The number of furan rings is 1. The Morgan fingerprint density at radius 1 is 1.12 bits per heavy atom. The number of para-hydroxylation sites is 1. The van der Waals surface area contributed by atoms with Gasteiger partial charge in [-0.2, -0.15) is 0 Å². The molecule has 3 aromatic rings. The van der Waals surface area contributed by atoms with Gasteiger partial charge in [-0.3, -0.25) is 4.79 Å². The summed E-state index contributed by atoms with van der Waals surface area (Å²) in [7, 11) is 0. The summed E-state index contributed by atoms with van der Waals surface area (Å²) in [6.45, 7) is 1.67. The lowest BCUT2D eigenvalue weighted by Gasteiger charge is -2.08. The number of benzene rings is 2. The number of hydrogen-bond donors (Lipinski definition) is 2. The monoisotopic (exact) mass is 321 g/mol. The molecule has 0 unspecified atom stereocenters. The minimum atomic E-state index is -1.09. The third-order valence-corrected chi connectivity index (χ3v) is 3.63. The molecule has 0 saturated heterocycles. The zero-order valence-corrected chi connectivity index (χ0v) is 12.9. The number of amides is 1. The highest BCUT2D eigenvalue weighted by atomic mass is 16.4. The van der Waals surface area contributed by atoms with E-state index in [1.807, 2.05) is 24.3 Å². The molecule has 0 bridgehead atoms. The Labute approximate surface area is 138 Å². The number of hydrogen-bond acceptors (Lipinski definition) is 3. The predicted molar refractivity (Wildman–Crippen MR) is 91.9 cm³/mol. The average molecular weight is 321 g/mol. The Kier molecular flexibility index (Phi) is 4.16. The minimum Gasteiger partial charge on any atom is -0.478 e. The van der Waals surface area contributed by atoms with Gasteiger partial charge in [0.1, 0.15) is 5.58 Å². The molecule has 1 amide bonds. The van der Waals surface area contributed by atoms with Gasteiger partial charge in [0.2, 0.25) is 0 Å². The Morgan fingerprint density at radius 2 is 1.92 bits per heavy atom. The zero-order chi connectivity index (χ0) is 17.1. The van der Waals surface area contributed by atoms with E-state index in [9.17, 15) is 9.59 Å². The number of nitrogens with one attached hydrogen (secondary N) is 1. The third kappa shape index (κ3) is 3.20. The van der Waals surface area contributed by atoms with E-state index in [1.165, 1.54) is 6.07 Å². The largest absolute Gasteiger partial charge is 0.478 e. The van der Waals surface area contributed by atoms with Crippen LogP contribution in [0.5, 0.6) is 0 Å². The molecule has 0 radical (unpaired) electrons. The summed E-state index contributed by atoms with van der Waals surface area (Å²) in [6.07, 6.45) is 3.33. The lowest BCUT2D eigenvalue weighted by molar-refractivity contribution is -0.112. The normalized spacial score (nSPS) is 11.5. The number of anilines is 1. The van der Waals surface area contributed by atoms with Gasteiger partial charge in [-0.05, 0) is 42.8 Å². The van der Waals surface area contributed by atoms with Crippen LogP contribution in [0.1, 0.15) is 22.8 Å². The maximum absolute atomic E-state index is 12.3. The number of aromatic carboxylic acids is 1. The number of carboxylic acids is 1.